The standard InChI is InChI=1S/C10H20N2O/c1-8(2)10(13)12-6-4-9(7-12)3-5-11/h8-9H,3-7,11H2,1-2H3. The van der Waals surface area contributed by atoms with Gasteiger partial charge in [-0.1, -0.05) is 13.8 Å². The third-order valence-electron chi connectivity index (χ3n) is 2.67. The van der Waals surface area contributed by atoms with Gasteiger partial charge in [0.1, 0.15) is 0 Å². The van der Waals surface area contributed by atoms with Gasteiger partial charge in [-0.05, 0) is 25.3 Å². The summed E-state index contributed by atoms with van der Waals surface area (Å²) in [6.45, 7) is 6.52. The van der Waals surface area contributed by atoms with Crippen molar-refractivity contribution in [2.45, 2.75) is 26.7 Å². The van der Waals surface area contributed by atoms with Gasteiger partial charge in [0.25, 0.3) is 0 Å². The van der Waals surface area contributed by atoms with Gasteiger partial charge in [-0.3, -0.25) is 4.79 Å². The van der Waals surface area contributed by atoms with Crippen LogP contribution in [0.1, 0.15) is 26.7 Å². The molecule has 1 aliphatic heterocycles. The van der Waals surface area contributed by atoms with Gasteiger partial charge in [0.05, 0.1) is 0 Å². The highest BCUT2D eigenvalue weighted by Gasteiger charge is 2.26. The molecular formula is C10H20N2O. The molecule has 13 heavy (non-hydrogen) atoms. The highest BCUT2D eigenvalue weighted by Crippen LogP contribution is 2.20. The summed E-state index contributed by atoms with van der Waals surface area (Å²) >= 11 is 0. The average Bonchev–Trinajstić information content (AvgIpc) is 2.52. The Morgan fingerprint density at radius 2 is 2.31 bits per heavy atom. The Morgan fingerprint density at radius 3 is 2.85 bits per heavy atom. The van der Waals surface area contributed by atoms with E-state index in [-0.39, 0.29) is 5.92 Å². The number of hydrogen-bond acceptors (Lipinski definition) is 2. The molecule has 1 amide bonds. The fraction of sp³-hybridized carbons (Fsp3) is 0.900. The van der Waals surface area contributed by atoms with E-state index in [9.17, 15) is 4.79 Å². The number of nitrogens with zero attached hydrogens (tertiary/aromatic N) is 1. The maximum atomic E-state index is 11.6. The van der Waals surface area contributed by atoms with Crippen LogP contribution in [-0.2, 0) is 4.79 Å². The molecule has 1 fully saturated rings. The van der Waals surface area contributed by atoms with Crippen molar-refractivity contribution in [1.29, 1.82) is 0 Å². The Bertz CT molecular complexity index is 180. The maximum absolute atomic E-state index is 11.6. The number of rotatable bonds is 3. The van der Waals surface area contributed by atoms with Crippen molar-refractivity contribution in [2.75, 3.05) is 19.6 Å². The van der Waals surface area contributed by atoms with E-state index < -0.39 is 0 Å². The van der Waals surface area contributed by atoms with Gasteiger partial charge >= 0.3 is 0 Å². The Balaban J connectivity index is 2.36. The van der Waals surface area contributed by atoms with E-state index in [1.54, 1.807) is 0 Å². The SMILES string of the molecule is CC(C)C(=O)N1CCC(CCN)C1. The van der Waals surface area contributed by atoms with Gasteiger partial charge in [-0.15, -0.1) is 0 Å². The van der Waals surface area contributed by atoms with Gasteiger partial charge in [0.2, 0.25) is 5.91 Å². The fourth-order valence-corrected chi connectivity index (χ4v) is 1.87. The van der Waals surface area contributed by atoms with E-state index in [4.69, 9.17) is 5.73 Å². The quantitative estimate of drug-likeness (QED) is 0.706. The van der Waals surface area contributed by atoms with Crippen molar-refractivity contribution in [1.82, 2.24) is 4.90 Å². The van der Waals surface area contributed by atoms with Crippen LogP contribution in [0.4, 0.5) is 0 Å². The van der Waals surface area contributed by atoms with E-state index in [2.05, 4.69) is 0 Å². The fourth-order valence-electron chi connectivity index (χ4n) is 1.87. The first-order chi connectivity index (χ1) is 6.15. The predicted octanol–water partition coefficient (Wildman–Crippen LogP) is 0.840. The summed E-state index contributed by atoms with van der Waals surface area (Å²) < 4.78 is 0. The lowest BCUT2D eigenvalue weighted by molar-refractivity contribution is -0.133. The largest absolute Gasteiger partial charge is 0.342 e. The molecule has 0 saturated carbocycles. The van der Waals surface area contributed by atoms with Crippen molar-refractivity contribution in [2.24, 2.45) is 17.6 Å². The maximum Gasteiger partial charge on any atom is 0.225 e. The van der Waals surface area contributed by atoms with Crippen LogP contribution in [0, 0.1) is 11.8 Å². The molecule has 1 heterocycles. The molecule has 1 aliphatic rings. The molecule has 0 aliphatic carbocycles. The Morgan fingerprint density at radius 1 is 1.62 bits per heavy atom. The molecule has 0 spiro atoms. The van der Waals surface area contributed by atoms with E-state index in [0.29, 0.717) is 11.8 Å². The molecule has 0 radical (unpaired) electrons. The van der Waals surface area contributed by atoms with Crippen molar-refractivity contribution >= 4 is 5.91 Å². The second-order valence-corrected chi connectivity index (χ2v) is 4.17. The van der Waals surface area contributed by atoms with Crippen LogP contribution in [0.5, 0.6) is 0 Å². The predicted molar refractivity (Wildman–Crippen MR) is 53.2 cm³/mol. The number of carbonyl (C=O) groups excluding carboxylic acids is 1. The molecule has 76 valence electrons. The van der Waals surface area contributed by atoms with Crippen molar-refractivity contribution in [3.8, 4) is 0 Å². The molecule has 3 nitrogen and oxygen atoms in total. The molecule has 3 heteroatoms. The highest BCUT2D eigenvalue weighted by atomic mass is 16.2. The first kappa shape index (κ1) is 10.5. The van der Waals surface area contributed by atoms with Gasteiger partial charge in [-0.25, -0.2) is 0 Å². The van der Waals surface area contributed by atoms with Crippen molar-refractivity contribution < 1.29 is 4.79 Å². The first-order valence-electron chi connectivity index (χ1n) is 5.14. The lowest BCUT2D eigenvalue weighted by Gasteiger charge is -2.18. The van der Waals surface area contributed by atoms with Gasteiger partial charge in [-0.2, -0.15) is 0 Å². The summed E-state index contributed by atoms with van der Waals surface area (Å²) in [5.41, 5.74) is 5.49. The zero-order valence-electron chi connectivity index (χ0n) is 8.62. The van der Waals surface area contributed by atoms with Crippen molar-refractivity contribution in [3.05, 3.63) is 0 Å². The van der Waals surface area contributed by atoms with Gasteiger partial charge < -0.3 is 10.6 Å². The van der Waals surface area contributed by atoms with Gasteiger partial charge in [0.15, 0.2) is 0 Å². The zero-order chi connectivity index (χ0) is 9.84. The average molecular weight is 184 g/mol. The molecule has 2 N–H and O–H groups in total. The van der Waals surface area contributed by atoms with E-state index in [1.165, 1.54) is 0 Å². The molecule has 1 rings (SSSR count). The lowest BCUT2D eigenvalue weighted by Crippen LogP contribution is -2.32. The number of amides is 1. The molecule has 0 bridgehead atoms. The molecule has 0 aromatic rings. The third kappa shape index (κ3) is 2.69. The number of carbonyl (C=O) groups is 1. The van der Waals surface area contributed by atoms with Crippen LogP contribution < -0.4 is 5.73 Å². The van der Waals surface area contributed by atoms with Crippen LogP contribution in [0.2, 0.25) is 0 Å². The molecule has 1 unspecified atom stereocenters. The van der Waals surface area contributed by atoms with Crippen LogP contribution in [0.15, 0.2) is 0 Å². The molecule has 0 aromatic heterocycles. The highest BCUT2D eigenvalue weighted by molar-refractivity contribution is 5.78. The van der Waals surface area contributed by atoms with E-state index in [0.717, 1.165) is 32.5 Å². The van der Waals surface area contributed by atoms with Crippen LogP contribution in [0.3, 0.4) is 0 Å². The molecular weight excluding hydrogens is 164 g/mol. The molecule has 1 atom stereocenters. The summed E-state index contributed by atoms with van der Waals surface area (Å²) in [5.74, 6) is 1.07. The van der Waals surface area contributed by atoms with Crippen LogP contribution >= 0.6 is 0 Å². The Hall–Kier alpha value is -0.570. The number of likely N-dealkylation sites (tertiary alicyclic amines) is 1. The van der Waals surface area contributed by atoms with Crippen molar-refractivity contribution in [3.63, 3.8) is 0 Å². The number of nitrogens with two attached hydrogens (primary N) is 1. The summed E-state index contributed by atoms with van der Waals surface area (Å²) in [4.78, 5) is 13.6. The minimum Gasteiger partial charge on any atom is -0.342 e. The monoisotopic (exact) mass is 184 g/mol. The van der Waals surface area contributed by atoms with Crippen LogP contribution in [-0.4, -0.2) is 30.4 Å². The first-order valence-corrected chi connectivity index (χ1v) is 5.14. The topological polar surface area (TPSA) is 46.3 Å². The summed E-state index contributed by atoms with van der Waals surface area (Å²) in [7, 11) is 0. The third-order valence-corrected chi connectivity index (χ3v) is 2.67. The minimum atomic E-state index is 0.136. The van der Waals surface area contributed by atoms with E-state index in [1.807, 2.05) is 18.7 Å². The summed E-state index contributed by atoms with van der Waals surface area (Å²) in [6.07, 6.45) is 2.19. The van der Waals surface area contributed by atoms with Crippen LogP contribution in [0.25, 0.3) is 0 Å². The van der Waals surface area contributed by atoms with E-state index >= 15 is 0 Å². The Kier molecular flexibility index (Phi) is 3.72. The number of hydrogen-bond donors (Lipinski definition) is 1. The smallest absolute Gasteiger partial charge is 0.225 e. The minimum absolute atomic E-state index is 0.136. The zero-order valence-corrected chi connectivity index (χ0v) is 8.62. The summed E-state index contributed by atoms with van der Waals surface area (Å²) in [6, 6.07) is 0. The molecule has 0 aromatic carbocycles. The summed E-state index contributed by atoms with van der Waals surface area (Å²) in [5, 5.41) is 0. The second-order valence-electron chi connectivity index (χ2n) is 4.17. The normalized spacial score (nSPS) is 22.8. The molecule has 1 saturated heterocycles. The van der Waals surface area contributed by atoms with Gasteiger partial charge in [0, 0.05) is 19.0 Å². The second kappa shape index (κ2) is 4.61. The Labute approximate surface area is 80.3 Å². The lowest BCUT2D eigenvalue weighted by atomic mass is 10.1.